The molecule has 0 radical (unpaired) electrons. The van der Waals surface area contributed by atoms with Crippen LogP contribution in [0.3, 0.4) is 0 Å². The number of nitrogens with one attached hydrogen (secondary N) is 8. The van der Waals surface area contributed by atoms with Crippen molar-refractivity contribution in [3.8, 4) is 37.4 Å². The molecule has 11 amide bonds. The minimum atomic E-state index is -1.97. The summed E-state index contributed by atoms with van der Waals surface area (Å²) in [7, 11) is 4.57. The number of alkyl halides is 1. The molecule has 12 atom stereocenters. The van der Waals surface area contributed by atoms with E-state index in [0.717, 1.165) is 54.0 Å². The van der Waals surface area contributed by atoms with Gasteiger partial charge in [-0.2, -0.15) is 5.26 Å². The number of rotatable bonds is 27. The fourth-order valence-corrected chi connectivity index (χ4v) is 17.6. The van der Waals surface area contributed by atoms with E-state index in [4.69, 9.17) is 4.52 Å². The summed E-state index contributed by atoms with van der Waals surface area (Å²) in [5.74, 6) is -5.30. The van der Waals surface area contributed by atoms with Gasteiger partial charge in [0.2, 0.25) is 59.1 Å². The molecule has 654 valence electrons. The van der Waals surface area contributed by atoms with Crippen molar-refractivity contribution in [3.05, 3.63) is 141 Å². The zero-order chi connectivity index (χ0) is 89.2. The Morgan fingerprint density at radius 1 is 0.508 bits per heavy atom. The van der Waals surface area contributed by atoms with Crippen LogP contribution in [0.15, 0.2) is 99.9 Å². The van der Waals surface area contributed by atoms with Gasteiger partial charge in [0.15, 0.2) is 5.67 Å². The van der Waals surface area contributed by atoms with Gasteiger partial charge < -0.3 is 77.1 Å². The Kier molecular flexibility index (Phi) is 30.4. The van der Waals surface area contributed by atoms with Gasteiger partial charge >= 0.3 is 0 Å². The highest BCUT2D eigenvalue weighted by Gasteiger charge is 2.56. The van der Waals surface area contributed by atoms with Crippen molar-refractivity contribution in [1.29, 1.82) is 5.26 Å². The maximum atomic E-state index is 14.4. The van der Waals surface area contributed by atoms with E-state index in [1.165, 1.54) is 51.5 Å². The van der Waals surface area contributed by atoms with E-state index < -0.39 is 136 Å². The molecular weight excluding hydrogens is 1620 g/mol. The van der Waals surface area contributed by atoms with Gasteiger partial charge in [0.25, 0.3) is 5.91 Å². The van der Waals surface area contributed by atoms with Gasteiger partial charge in [-0.15, -0.1) is 34.0 Å². The normalized spacial score (nSPS) is 20.2. The number of aromatic nitrogens is 4. The fourth-order valence-electron chi connectivity index (χ4n) is 15.1. The Hall–Kier alpha value is -10.8. The summed E-state index contributed by atoms with van der Waals surface area (Å²) < 4.78 is 19.8. The Labute approximate surface area is 720 Å². The third-order valence-corrected chi connectivity index (χ3v) is 25.6. The third kappa shape index (κ3) is 22.7. The summed E-state index contributed by atoms with van der Waals surface area (Å²) in [6.45, 7) is 21.8. The van der Waals surface area contributed by atoms with Crippen LogP contribution >= 0.6 is 34.0 Å². The van der Waals surface area contributed by atoms with E-state index in [1.807, 2.05) is 113 Å². The predicted molar refractivity (Wildman–Crippen MR) is 456 cm³/mol. The molecule has 3 aromatic carbocycles. The second kappa shape index (κ2) is 39.6. The van der Waals surface area contributed by atoms with Gasteiger partial charge in [-0.1, -0.05) is 133 Å². The number of carbonyl (C=O) groups is 11. The molecule has 35 heteroatoms. The molecule has 122 heavy (non-hydrogen) atoms. The number of aliphatic hydroxyl groups excluding tert-OH is 3. The molecule has 12 rings (SSSR count). The zero-order valence-electron chi connectivity index (χ0n) is 71.4. The first-order chi connectivity index (χ1) is 57.6. The largest absolute Gasteiger partial charge is 0.391 e. The van der Waals surface area contributed by atoms with Crippen LogP contribution < -0.4 is 42.5 Å². The number of amides is 11. The van der Waals surface area contributed by atoms with Crippen molar-refractivity contribution in [1.82, 2.24) is 77.3 Å². The summed E-state index contributed by atoms with van der Waals surface area (Å²) in [5.41, 5.74) is 9.26. The number of nitrogens with zero attached hydrogens (tertiary/aromatic N) is 8. The number of likely N-dealkylation sites (tertiary alicyclic amines) is 3. The smallest absolute Gasteiger partial charge is 0.258 e. The van der Waals surface area contributed by atoms with Gasteiger partial charge in [0, 0.05) is 66.1 Å². The SMILES string of the molecule is CNC(=O)C[C@H](NC(=O)[C@@H]1C[C@@H](O)CN1C(=O)[C@@H](NC(=O)C1(C#N)CC1)C(C)(C)C)c1ccc(-c2scnc2C)cc1.CNC(=O)C[C@H](NC(=O)[C@@H]1C[C@@H](O)CN1C(=O)[C@@H](NC(=O)C1(F)CC1)C(C)(C)C)c1ccc(-c2scnc2C)cc1.CNC(=O)C[C@H](NC(=O)[C@@H]1C[C@@H](O)CN1C(=O)[C@@H](c1cc(C)no1)C(C)C)c1ccc(-c2scnc2C)cc1. The molecule has 3 aliphatic heterocycles. The van der Waals surface area contributed by atoms with Crippen molar-refractivity contribution in [3.63, 3.8) is 0 Å². The molecule has 11 N–H and O–H groups in total. The molecule has 2 aliphatic carbocycles. The molecule has 5 fully saturated rings. The van der Waals surface area contributed by atoms with Gasteiger partial charge in [-0.3, -0.25) is 52.7 Å². The number of nitriles is 1. The van der Waals surface area contributed by atoms with Crippen molar-refractivity contribution in [2.75, 3.05) is 40.8 Å². The number of aliphatic hydroxyl groups is 3. The molecule has 4 aromatic heterocycles. The van der Waals surface area contributed by atoms with Crippen LogP contribution in [-0.4, -0.2) is 210 Å². The molecule has 2 saturated carbocycles. The first-order valence-electron chi connectivity index (χ1n) is 40.8. The standard InChI is InChI=1S/C30H38N6O5S.C29H38FN5O5S.C28H35N5O5S/c1-17-24(42-16-33-17)19-8-6-18(7-9-19)21(13-23(38)32-5)34-26(39)22-12-20(37)14-36(22)27(40)25(29(2,3)4)35-28(41)30(15-31)10-11-30;1-16-23(41-15-32-16)18-8-6-17(7-9-18)20(13-22(37)31-5)33-25(38)21-12-19(36)14-35(21)26(39)24(28(2,3)4)34-27(40)29(30)10-11-29;1-15(2)25(23-10-16(3)32-38-23)28(37)33-13-20(34)11-22(33)27(36)31-21(12-24(35)29-5)18-6-8-19(9-7-18)26-17(4)30-14-39-26/h6-9,16,20-22,25,37H,10-14H2,1-5H3,(H,32,38)(H,34,39)(H,35,41);6-9,15,19-21,24,36H,10-14H2,1-5H3,(H,31,37)(H,33,38)(H,34,40);6-10,14-15,20-22,25,34H,11-13H2,1-5H3,(H,29,35)(H,31,36)/t20-,21+,22+,25-;19-,20+,21+,24-;20-,21+,22+,25-/m111/s1. The van der Waals surface area contributed by atoms with Crippen LogP contribution in [0.5, 0.6) is 0 Å². The van der Waals surface area contributed by atoms with E-state index in [-0.39, 0.29) is 101 Å². The lowest BCUT2D eigenvalue weighted by Gasteiger charge is -2.36. The summed E-state index contributed by atoms with van der Waals surface area (Å²) >= 11 is 4.60. The quantitative estimate of drug-likeness (QED) is 0.0234. The maximum Gasteiger partial charge on any atom is 0.258 e. The van der Waals surface area contributed by atoms with E-state index in [1.54, 1.807) is 89.4 Å². The van der Waals surface area contributed by atoms with E-state index in [2.05, 4.69) is 62.6 Å². The van der Waals surface area contributed by atoms with Gasteiger partial charge in [-0.05, 0) is 104 Å². The highest BCUT2D eigenvalue weighted by Crippen LogP contribution is 2.46. The monoisotopic (exact) mass is 1730 g/mol. The van der Waals surface area contributed by atoms with Crippen LogP contribution in [0.2, 0.25) is 0 Å². The van der Waals surface area contributed by atoms with Crippen LogP contribution in [0, 0.1) is 61.2 Å². The highest BCUT2D eigenvalue weighted by molar-refractivity contribution is 7.14. The van der Waals surface area contributed by atoms with Crippen molar-refractivity contribution in [2.24, 2.45) is 22.2 Å². The number of carbonyl (C=O) groups excluding carboxylic acids is 11. The molecule has 0 spiro atoms. The lowest BCUT2D eigenvalue weighted by atomic mass is 9.85. The average Bonchev–Trinajstić information content (AvgIpc) is 1.61. The first kappa shape index (κ1) is 93.5. The number of hydrogen-bond donors (Lipinski definition) is 11. The molecule has 7 heterocycles. The molecule has 0 bridgehead atoms. The predicted octanol–water partition coefficient (Wildman–Crippen LogP) is 7.73. The number of aryl methyl sites for hydroxylation is 4. The van der Waals surface area contributed by atoms with Gasteiger partial charge in [0.05, 0.1) is 116 Å². The number of β-amino-alcohol motifs (C(OH)–C–C–N with tert-alkyl or cyclic N) is 3. The van der Waals surface area contributed by atoms with Crippen LogP contribution in [0.25, 0.3) is 31.3 Å². The number of halogens is 1. The van der Waals surface area contributed by atoms with Gasteiger partial charge in [-0.25, -0.2) is 19.3 Å². The Balaban J connectivity index is 0.000000192. The zero-order valence-corrected chi connectivity index (χ0v) is 73.8. The summed E-state index contributed by atoms with van der Waals surface area (Å²) in [4.78, 5) is 165. The lowest BCUT2D eigenvalue weighted by Crippen LogP contribution is -2.59. The van der Waals surface area contributed by atoms with Crippen molar-refractivity contribution < 1.29 is 77.0 Å². The second-order valence-electron chi connectivity index (χ2n) is 34.5. The van der Waals surface area contributed by atoms with E-state index in [0.29, 0.717) is 35.4 Å². The molecule has 0 unspecified atom stereocenters. The number of hydrogen-bond acceptors (Lipinski definition) is 23. The molecular formula is C87H111FN16O15S3. The third-order valence-electron chi connectivity index (χ3n) is 22.7. The first-order valence-corrected chi connectivity index (χ1v) is 43.4. The fraction of sp³-hybridized carbons (Fsp3) is 0.517. The molecule has 31 nitrogen and oxygen atoms in total. The topological polar surface area (TPSA) is 443 Å². The lowest BCUT2D eigenvalue weighted by molar-refractivity contribution is -0.145. The highest BCUT2D eigenvalue weighted by atomic mass is 32.1. The number of thiazole rings is 3. The summed E-state index contributed by atoms with van der Waals surface area (Å²) in [5, 5.41) is 66.7. The molecule has 7 aromatic rings. The van der Waals surface area contributed by atoms with E-state index >= 15 is 0 Å². The Bertz CT molecular complexity index is 4980. The minimum Gasteiger partial charge on any atom is -0.391 e. The summed E-state index contributed by atoms with van der Waals surface area (Å²) in [6.07, 6.45) is -1.58. The maximum absolute atomic E-state index is 14.4. The van der Waals surface area contributed by atoms with Crippen LogP contribution in [0.1, 0.15) is 189 Å². The molecule has 5 aliphatic rings. The minimum absolute atomic E-state index is 0.00822. The molecule has 3 saturated heterocycles. The number of benzene rings is 3. The van der Waals surface area contributed by atoms with Crippen LogP contribution in [-0.2, 0) is 52.7 Å². The summed E-state index contributed by atoms with van der Waals surface area (Å²) in [6, 6.07) is 19.4. The Morgan fingerprint density at radius 3 is 1.08 bits per heavy atom. The van der Waals surface area contributed by atoms with Crippen molar-refractivity contribution >= 4 is 99.0 Å². The Morgan fingerprint density at radius 2 is 0.828 bits per heavy atom. The van der Waals surface area contributed by atoms with Crippen LogP contribution in [0.4, 0.5) is 4.39 Å². The second-order valence-corrected chi connectivity index (χ2v) is 37.0. The van der Waals surface area contributed by atoms with Crippen molar-refractivity contribution in [2.45, 2.75) is 226 Å². The average molecular weight is 1740 g/mol. The van der Waals surface area contributed by atoms with E-state index in [9.17, 15) is 77.7 Å². The van der Waals surface area contributed by atoms with Gasteiger partial charge in [0.1, 0.15) is 47.3 Å².